The summed E-state index contributed by atoms with van der Waals surface area (Å²) < 4.78 is 6.38. The number of ether oxygens (including phenoxy) is 1. The number of aromatic nitrogens is 2. The second-order valence-electron chi connectivity index (χ2n) is 6.63. The number of rotatable bonds is 4. The van der Waals surface area contributed by atoms with E-state index in [1.807, 2.05) is 37.3 Å². The van der Waals surface area contributed by atoms with E-state index in [9.17, 15) is 9.59 Å². The standard InChI is InChI=1S/C23H19N3O3/c1-15-10-12-16(13-11-15)21-24-20-9-4-3-8-19(20)23(28)26(21)25-22(27)17-6-5-7-18(14-17)29-2/h3-14H,1-2H3,(H,25,27). The molecule has 4 rings (SSSR count). The van der Waals surface area contributed by atoms with Gasteiger partial charge in [-0.2, -0.15) is 4.68 Å². The Morgan fingerprint density at radius 3 is 2.52 bits per heavy atom. The Bertz CT molecular complexity index is 1260. The van der Waals surface area contributed by atoms with Gasteiger partial charge in [0.15, 0.2) is 5.82 Å². The first-order chi connectivity index (χ1) is 14.1. The minimum atomic E-state index is -0.434. The van der Waals surface area contributed by atoms with Crippen molar-refractivity contribution in [1.29, 1.82) is 0 Å². The Balaban J connectivity index is 1.86. The van der Waals surface area contributed by atoms with Crippen LogP contribution in [0.1, 0.15) is 15.9 Å². The van der Waals surface area contributed by atoms with Gasteiger partial charge in [0.05, 0.1) is 18.0 Å². The molecular formula is C23H19N3O3. The number of carbonyl (C=O) groups excluding carboxylic acids is 1. The molecule has 0 saturated heterocycles. The summed E-state index contributed by atoms with van der Waals surface area (Å²) in [6.45, 7) is 1.98. The lowest BCUT2D eigenvalue weighted by atomic mass is 10.1. The van der Waals surface area contributed by atoms with Crippen LogP contribution in [0.4, 0.5) is 0 Å². The van der Waals surface area contributed by atoms with Crippen molar-refractivity contribution in [2.45, 2.75) is 6.92 Å². The van der Waals surface area contributed by atoms with Gasteiger partial charge in [0, 0.05) is 11.1 Å². The predicted molar refractivity (Wildman–Crippen MR) is 113 cm³/mol. The van der Waals surface area contributed by atoms with Gasteiger partial charge >= 0.3 is 0 Å². The molecule has 6 nitrogen and oxygen atoms in total. The Morgan fingerprint density at radius 1 is 1.00 bits per heavy atom. The van der Waals surface area contributed by atoms with Crippen LogP contribution in [0, 0.1) is 6.92 Å². The Labute approximate surface area is 167 Å². The fourth-order valence-electron chi connectivity index (χ4n) is 3.06. The van der Waals surface area contributed by atoms with E-state index in [1.54, 1.807) is 42.5 Å². The number of fused-ring (bicyclic) bond motifs is 1. The molecule has 0 fully saturated rings. The molecule has 0 spiro atoms. The second-order valence-corrected chi connectivity index (χ2v) is 6.63. The molecule has 29 heavy (non-hydrogen) atoms. The maximum atomic E-state index is 13.2. The monoisotopic (exact) mass is 385 g/mol. The van der Waals surface area contributed by atoms with Gasteiger partial charge < -0.3 is 4.74 Å². The molecule has 0 bridgehead atoms. The average molecular weight is 385 g/mol. The van der Waals surface area contributed by atoms with Crippen molar-refractivity contribution in [3.8, 4) is 17.1 Å². The van der Waals surface area contributed by atoms with Gasteiger partial charge in [0.2, 0.25) is 0 Å². The molecule has 1 aromatic heterocycles. The number of methoxy groups -OCH3 is 1. The van der Waals surface area contributed by atoms with Crippen LogP contribution in [-0.4, -0.2) is 22.7 Å². The number of nitrogens with one attached hydrogen (secondary N) is 1. The lowest BCUT2D eigenvalue weighted by molar-refractivity contribution is 0.101. The second kappa shape index (κ2) is 7.59. The number of hydrogen-bond donors (Lipinski definition) is 1. The molecule has 144 valence electrons. The highest BCUT2D eigenvalue weighted by molar-refractivity contribution is 6.00. The smallest absolute Gasteiger partial charge is 0.280 e. The zero-order chi connectivity index (χ0) is 20.4. The molecule has 1 heterocycles. The van der Waals surface area contributed by atoms with E-state index in [0.717, 1.165) is 11.1 Å². The molecule has 4 aromatic rings. The van der Waals surface area contributed by atoms with Crippen LogP contribution in [0.2, 0.25) is 0 Å². The van der Waals surface area contributed by atoms with Crippen molar-refractivity contribution < 1.29 is 9.53 Å². The number of amides is 1. The Morgan fingerprint density at radius 2 is 1.76 bits per heavy atom. The first kappa shape index (κ1) is 18.4. The summed E-state index contributed by atoms with van der Waals surface area (Å²) >= 11 is 0. The van der Waals surface area contributed by atoms with E-state index < -0.39 is 5.91 Å². The summed E-state index contributed by atoms with van der Waals surface area (Å²) in [6, 6.07) is 21.4. The molecule has 3 aromatic carbocycles. The third kappa shape index (κ3) is 3.60. The first-order valence-corrected chi connectivity index (χ1v) is 9.11. The molecule has 0 unspecified atom stereocenters. The van der Waals surface area contributed by atoms with Gasteiger partial charge in [-0.3, -0.25) is 15.0 Å². The SMILES string of the molecule is COc1cccc(C(=O)Nn2c(-c3ccc(C)cc3)nc3ccccc3c2=O)c1. The van der Waals surface area contributed by atoms with E-state index >= 15 is 0 Å². The summed E-state index contributed by atoms with van der Waals surface area (Å²) in [5.74, 6) is 0.488. The number of aryl methyl sites for hydroxylation is 1. The lowest BCUT2D eigenvalue weighted by Gasteiger charge is -2.15. The van der Waals surface area contributed by atoms with Crippen molar-refractivity contribution in [3.05, 3.63) is 94.3 Å². The maximum Gasteiger partial charge on any atom is 0.280 e. The third-order valence-electron chi connectivity index (χ3n) is 4.63. The molecule has 0 saturated carbocycles. The zero-order valence-electron chi connectivity index (χ0n) is 16.0. The summed E-state index contributed by atoms with van der Waals surface area (Å²) in [5, 5.41) is 0.425. The Hall–Kier alpha value is -3.93. The summed E-state index contributed by atoms with van der Waals surface area (Å²) in [6.07, 6.45) is 0. The van der Waals surface area contributed by atoms with Crippen molar-refractivity contribution in [3.63, 3.8) is 0 Å². The predicted octanol–water partition coefficient (Wildman–Crippen LogP) is 3.76. The molecule has 1 amide bonds. The molecule has 1 N–H and O–H groups in total. The average Bonchev–Trinajstić information content (AvgIpc) is 2.76. The van der Waals surface area contributed by atoms with Crippen molar-refractivity contribution in [1.82, 2.24) is 9.66 Å². The van der Waals surface area contributed by atoms with E-state index in [2.05, 4.69) is 10.4 Å². The highest BCUT2D eigenvalue weighted by Crippen LogP contribution is 2.19. The Kier molecular flexibility index (Phi) is 4.83. The van der Waals surface area contributed by atoms with Crippen molar-refractivity contribution in [2.75, 3.05) is 12.5 Å². The van der Waals surface area contributed by atoms with E-state index in [4.69, 9.17) is 4.74 Å². The quantitative estimate of drug-likeness (QED) is 0.580. The molecule has 0 atom stereocenters. The molecule has 0 aliphatic carbocycles. The molecular weight excluding hydrogens is 366 g/mol. The van der Waals surface area contributed by atoms with Gasteiger partial charge in [-0.25, -0.2) is 4.98 Å². The summed E-state index contributed by atoms with van der Waals surface area (Å²) in [7, 11) is 1.53. The fourth-order valence-corrected chi connectivity index (χ4v) is 3.06. The van der Waals surface area contributed by atoms with Gasteiger partial charge in [-0.15, -0.1) is 0 Å². The minimum Gasteiger partial charge on any atom is -0.497 e. The van der Waals surface area contributed by atoms with E-state index in [0.29, 0.717) is 28.0 Å². The minimum absolute atomic E-state index is 0.345. The highest BCUT2D eigenvalue weighted by atomic mass is 16.5. The molecule has 0 aliphatic heterocycles. The topological polar surface area (TPSA) is 73.2 Å². The number of hydrogen-bond acceptors (Lipinski definition) is 4. The number of carbonyl (C=O) groups is 1. The molecule has 6 heteroatoms. The van der Waals surface area contributed by atoms with Crippen LogP contribution in [0.5, 0.6) is 5.75 Å². The van der Waals surface area contributed by atoms with Crippen LogP contribution in [-0.2, 0) is 0 Å². The largest absolute Gasteiger partial charge is 0.497 e. The lowest BCUT2D eigenvalue weighted by Crippen LogP contribution is -2.35. The van der Waals surface area contributed by atoms with Crippen LogP contribution in [0.15, 0.2) is 77.6 Å². The van der Waals surface area contributed by atoms with Gasteiger partial charge in [0.25, 0.3) is 11.5 Å². The van der Waals surface area contributed by atoms with Crippen molar-refractivity contribution >= 4 is 16.8 Å². The highest BCUT2D eigenvalue weighted by Gasteiger charge is 2.16. The zero-order valence-corrected chi connectivity index (χ0v) is 16.0. The van der Waals surface area contributed by atoms with Gasteiger partial charge in [-0.05, 0) is 37.3 Å². The fraction of sp³-hybridized carbons (Fsp3) is 0.0870. The van der Waals surface area contributed by atoms with Crippen molar-refractivity contribution in [2.24, 2.45) is 0 Å². The first-order valence-electron chi connectivity index (χ1n) is 9.11. The third-order valence-corrected chi connectivity index (χ3v) is 4.63. The summed E-state index contributed by atoms with van der Waals surface area (Å²) in [5.41, 5.74) is 5.11. The number of benzene rings is 3. The normalized spacial score (nSPS) is 10.7. The molecule has 0 aliphatic rings. The maximum absolute atomic E-state index is 13.2. The van der Waals surface area contributed by atoms with Crippen LogP contribution in [0.3, 0.4) is 0 Å². The van der Waals surface area contributed by atoms with Crippen LogP contribution in [0.25, 0.3) is 22.3 Å². The van der Waals surface area contributed by atoms with E-state index in [1.165, 1.54) is 11.8 Å². The van der Waals surface area contributed by atoms with Crippen LogP contribution < -0.4 is 15.7 Å². The van der Waals surface area contributed by atoms with E-state index in [-0.39, 0.29) is 5.56 Å². The van der Waals surface area contributed by atoms with Gasteiger partial charge in [-0.1, -0.05) is 48.0 Å². The summed E-state index contributed by atoms with van der Waals surface area (Å²) in [4.78, 5) is 30.7. The number of nitrogens with zero attached hydrogens (tertiary/aromatic N) is 2. The van der Waals surface area contributed by atoms with Gasteiger partial charge in [0.1, 0.15) is 5.75 Å². The number of para-hydroxylation sites is 1. The molecule has 0 radical (unpaired) electrons. The van der Waals surface area contributed by atoms with Crippen LogP contribution >= 0.6 is 0 Å².